The van der Waals surface area contributed by atoms with Gasteiger partial charge in [0.25, 0.3) is 0 Å². The molecular formula is C61H39N5. The lowest BCUT2D eigenvalue weighted by Crippen LogP contribution is -2.07. The molecule has 5 nitrogen and oxygen atoms in total. The van der Waals surface area contributed by atoms with E-state index in [0.29, 0.717) is 39.8 Å². The first-order valence-electron chi connectivity index (χ1n) is 26.5. The number of benzene rings is 10. The molecule has 3 heterocycles. The van der Waals surface area contributed by atoms with E-state index in [0.717, 1.165) is 60.1 Å². The minimum atomic E-state index is -0.550. The first-order chi connectivity index (χ1) is 36.9. The van der Waals surface area contributed by atoms with Crippen LogP contribution in [0.2, 0.25) is 0 Å². The minimum Gasteiger partial charge on any atom is -0.307 e. The first-order valence-corrected chi connectivity index (χ1v) is 21.5. The summed E-state index contributed by atoms with van der Waals surface area (Å²) in [5, 5.41) is 5.31. The Hall–Kier alpha value is -8.93. The second kappa shape index (κ2) is 15.4. The highest BCUT2D eigenvalue weighted by Crippen LogP contribution is 2.44. The predicted molar refractivity (Wildman–Crippen MR) is 273 cm³/mol. The van der Waals surface area contributed by atoms with Gasteiger partial charge in [0.1, 0.15) is 0 Å². The number of nitrogens with zero attached hydrogens (tertiary/aromatic N) is 5. The zero-order chi connectivity index (χ0) is 52.3. The van der Waals surface area contributed by atoms with E-state index in [1.54, 1.807) is 18.2 Å². The summed E-state index contributed by atoms with van der Waals surface area (Å²) in [6.45, 7) is 0. The molecule has 0 spiro atoms. The van der Waals surface area contributed by atoms with Crippen LogP contribution in [0.25, 0.3) is 122 Å². The van der Waals surface area contributed by atoms with E-state index >= 15 is 0 Å². The molecular weight excluding hydrogens is 803 g/mol. The molecule has 0 aliphatic heterocycles. The molecule has 13 aromatic rings. The van der Waals surface area contributed by atoms with Crippen LogP contribution >= 0.6 is 0 Å². The molecule has 0 saturated heterocycles. The number of para-hydroxylation sites is 2. The second-order valence-electron chi connectivity index (χ2n) is 16.0. The van der Waals surface area contributed by atoms with E-state index in [1.165, 1.54) is 0 Å². The van der Waals surface area contributed by atoms with Gasteiger partial charge in [-0.15, -0.1) is 0 Å². The van der Waals surface area contributed by atoms with Crippen LogP contribution in [0.1, 0.15) is 13.7 Å². The number of rotatable bonds is 7. The van der Waals surface area contributed by atoms with Crippen molar-refractivity contribution in [1.82, 2.24) is 24.1 Å². The molecule has 3 aromatic heterocycles. The summed E-state index contributed by atoms with van der Waals surface area (Å²) in [7, 11) is 0. The van der Waals surface area contributed by atoms with Gasteiger partial charge in [-0.3, -0.25) is 4.57 Å². The summed E-state index contributed by atoms with van der Waals surface area (Å²) >= 11 is 0. The summed E-state index contributed by atoms with van der Waals surface area (Å²) in [6, 6.07) is 52.2. The van der Waals surface area contributed by atoms with Crippen LogP contribution in [0.15, 0.2) is 236 Å². The molecule has 0 aliphatic carbocycles. The van der Waals surface area contributed by atoms with Crippen molar-refractivity contribution in [3.63, 3.8) is 0 Å². The van der Waals surface area contributed by atoms with Crippen LogP contribution in [-0.4, -0.2) is 24.1 Å². The molecule has 66 heavy (non-hydrogen) atoms. The lowest BCUT2D eigenvalue weighted by atomic mass is 9.95. The van der Waals surface area contributed by atoms with Gasteiger partial charge in [0.15, 0.2) is 11.6 Å². The predicted octanol–water partition coefficient (Wildman–Crippen LogP) is 15.6. The van der Waals surface area contributed by atoms with Gasteiger partial charge >= 0.3 is 0 Å². The van der Waals surface area contributed by atoms with Gasteiger partial charge in [-0.25, -0.2) is 4.98 Å². The monoisotopic (exact) mass is 851 g/mol. The molecule has 5 heteroatoms. The number of hydrogen-bond acceptors (Lipinski definition) is 3. The maximum Gasteiger partial charge on any atom is 0.238 e. The molecule has 0 radical (unpaired) electrons. The molecule has 0 bridgehead atoms. The number of hydrogen-bond donors (Lipinski definition) is 0. The van der Waals surface area contributed by atoms with Crippen LogP contribution in [0.4, 0.5) is 0 Å². The molecule has 308 valence electrons. The zero-order valence-electron chi connectivity index (χ0n) is 45.0. The highest BCUT2D eigenvalue weighted by molar-refractivity contribution is 6.24. The third-order valence-electron chi connectivity index (χ3n) is 12.4. The lowest BCUT2D eigenvalue weighted by Gasteiger charge is -2.18. The van der Waals surface area contributed by atoms with Crippen molar-refractivity contribution in [3.05, 3.63) is 236 Å². The van der Waals surface area contributed by atoms with Crippen LogP contribution < -0.4 is 0 Å². The second-order valence-corrected chi connectivity index (χ2v) is 16.0. The Morgan fingerprint density at radius 1 is 0.318 bits per heavy atom. The van der Waals surface area contributed by atoms with Gasteiger partial charge in [-0.05, 0) is 62.9 Å². The van der Waals surface area contributed by atoms with Gasteiger partial charge in [0.05, 0.1) is 41.5 Å². The average molecular weight is 852 g/mol. The van der Waals surface area contributed by atoms with Crippen molar-refractivity contribution in [2.45, 2.75) is 0 Å². The van der Waals surface area contributed by atoms with Gasteiger partial charge in [0.2, 0.25) is 5.95 Å². The fourth-order valence-electron chi connectivity index (χ4n) is 9.49. The molecule has 0 unspecified atom stereocenters. The topological polar surface area (TPSA) is 48.5 Å². The standard InChI is InChI=1S/C61H39N5/c1-5-19-40(20-6-1)44-33-34-46(42-23-9-3-10-24-42)56(39-44)65-54-31-17-15-29-49(54)51-36-37-52-50-30-16-18-32-55(50)66(58(52)57(51)65)61-63-59(43-25-11-4-12-26-43)62-60(64-61)53-38-35-45(41-21-7-2-8-22-41)47-27-13-14-28-48(47)53/h1-39H/i1D,3D,5D,6D,9D,10D,19D,20D,23D,24D. The zero-order valence-corrected chi connectivity index (χ0v) is 35.0. The first kappa shape index (κ1) is 28.7. The Bertz CT molecular complexity index is 4540. The van der Waals surface area contributed by atoms with E-state index in [9.17, 15) is 2.74 Å². The van der Waals surface area contributed by atoms with Gasteiger partial charge in [-0.1, -0.05) is 212 Å². The van der Waals surface area contributed by atoms with Gasteiger partial charge in [-0.2, -0.15) is 9.97 Å². The maximum atomic E-state index is 9.29. The van der Waals surface area contributed by atoms with Crippen molar-refractivity contribution in [1.29, 1.82) is 0 Å². The Morgan fingerprint density at radius 3 is 1.48 bits per heavy atom. The molecule has 0 aliphatic rings. The van der Waals surface area contributed by atoms with Crippen molar-refractivity contribution >= 4 is 54.4 Å². The average Bonchev–Trinajstić information content (AvgIpc) is 4.11. The van der Waals surface area contributed by atoms with Crippen molar-refractivity contribution in [2.24, 2.45) is 0 Å². The summed E-state index contributed by atoms with van der Waals surface area (Å²) in [5.41, 5.74) is 7.16. The van der Waals surface area contributed by atoms with Crippen molar-refractivity contribution in [3.8, 4) is 67.8 Å². The third-order valence-corrected chi connectivity index (χ3v) is 12.4. The molecule has 13 rings (SSSR count). The van der Waals surface area contributed by atoms with Gasteiger partial charge in [0, 0.05) is 38.2 Å². The van der Waals surface area contributed by atoms with E-state index < -0.39 is 60.4 Å². The van der Waals surface area contributed by atoms with Crippen LogP contribution in [0.5, 0.6) is 0 Å². The molecule has 10 aromatic carbocycles. The summed E-state index contributed by atoms with van der Waals surface area (Å²) in [6.07, 6.45) is 0. The smallest absolute Gasteiger partial charge is 0.238 e. The number of fused-ring (bicyclic) bond motifs is 8. The van der Waals surface area contributed by atoms with E-state index in [2.05, 4.69) is 42.5 Å². The van der Waals surface area contributed by atoms with Crippen molar-refractivity contribution < 1.29 is 13.7 Å². The normalized spacial score (nSPS) is 13.8. The maximum absolute atomic E-state index is 9.29. The largest absolute Gasteiger partial charge is 0.307 e. The summed E-state index contributed by atoms with van der Waals surface area (Å²) < 4.78 is 92.5. The Morgan fingerprint density at radius 2 is 0.818 bits per heavy atom. The quantitative estimate of drug-likeness (QED) is 0.160. The Balaban J connectivity index is 1.18. The fraction of sp³-hybridized carbons (Fsp3) is 0. The third kappa shape index (κ3) is 6.05. The molecule has 0 fully saturated rings. The van der Waals surface area contributed by atoms with E-state index in [4.69, 9.17) is 25.9 Å². The molecule has 0 atom stereocenters. The highest BCUT2D eigenvalue weighted by Gasteiger charge is 2.25. The van der Waals surface area contributed by atoms with E-state index in [-0.39, 0.29) is 22.3 Å². The Labute approximate surface area is 395 Å². The minimum absolute atomic E-state index is 0.0598. The highest BCUT2D eigenvalue weighted by atomic mass is 15.2. The van der Waals surface area contributed by atoms with Crippen molar-refractivity contribution in [2.75, 3.05) is 0 Å². The fourth-order valence-corrected chi connectivity index (χ4v) is 9.49. The Kier molecular flexibility index (Phi) is 6.70. The molecule has 0 N–H and O–H groups in total. The van der Waals surface area contributed by atoms with E-state index in [1.807, 2.05) is 124 Å². The summed E-state index contributed by atoms with van der Waals surface area (Å²) in [4.78, 5) is 16.0. The molecule has 0 saturated carbocycles. The molecule has 0 amide bonds. The SMILES string of the molecule is [2H]c1c([2H])c([2H])c(-c2ccc(-c3c([2H])c([2H])c([2H])c([2H])c3[2H])c(-n3c4ccccc4c4ccc5c6ccccc6n(-c6nc(-c7ccccc7)nc(-c7ccc(-c8ccccc8)c8ccccc78)n6)c5c43)c2)c([2H])c1[2H]. The van der Waals surface area contributed by atoms with Gasteiger partial charge < -0.3 is 4.57 Å². The van der Waals surface area contributed by atoms with Crippen LogP contribution in [0.3, 0.4) is 0 Å². The van der Waals surface area contributed by atoms with Crippen LogP contribution in [0, 0.1) is 0 Å². The van der Waals surface area contributed by atoms with Crippen LogP contribution in [-0.2, 0) is 0 Å². The summed E-state index contributed by atoms with van der Waals surface area (Å²) in [5.74, 6) is 1.19. The lowest BCUT2D eigenvalue weighted by molar-refractivity contribution is 0.954. The number of aromatic nitrogens is 5.